The van der Waals surface area contributed by atoms with E-state index in [0.29, 0.717) is 5.92 Å². The van der Waals surface area contributed by atoms with Gasteiger partial charge in [-0.1, -0.05) is 49.6 Å². The predicted octanol–water partition coefficient (Wildman–Crippen LogP) is 7.34. The molecule has 2 heteroatoms. The van der Waals surface area contributed by atoms with E-state index in [4.69, 9.17) is 11.6 Å². The van der Waals surface area contributed by atoms with E-state index in [2.05, 4.69) is 25.1 Å². The zero-order valence-electron chi connectivity index (χ0n) is 14.4. The molecule has 0 nitrogen and oxygen atoms in total. The van der Waals surface area contributed by atoms with Gasteiger partial charge in [0.15, 0.2) is 0 Å². The minimum Gasteiger partial charge on any atom is -0.205 e. The van der Waals surface area contributed by atoms with Crippen molar-refractivity contribution in [2.75, 3.05) is 0 Å². The van der Waals surface area contributed by atoms with Gasteiger partial charge in [-0.15, -0.1) is 0 Å². The zero-order chi connectivity index (χ0) is 16.7. The summed E-state index contributed by atoms with van der Waals surface area (Å²) in [6, 6.07) is 9.85. The van der Waals surface area contributed by atoms with Gasteiger partial charge in [0.2, 0.25) is 0 Å². The Hall–Kier alpha value is -1.08. The van der Waals surface area contributed by atoms with Crippen LogP contribution in [-0.4, -0.2) is 0 Å². The molecule has 0 amide bonds. The lowest BCUT2D eigenvalue weighted by atomic mass is 9.63. The fraction of sp³-hybridized carbons (Fsp3) is 0.545. The monoisotopic (exact) mass is 344 g/mol. The van der Waals surface area contributed by atoms with Crippen LogP contribution in [0.25, 0.3) is 10.8 Å². The van der Waals surface area contributed by atoms with Crippen LogP contribution >= 0.6 is 11.6 Å². The van der Waals surface area contributed by atoms with Crippen LogP contribution in [0.1, 0.15) is 63.4 Å². The molecule has 0 aliphatic heterocycles. The van der Waals surface area contributed by atoms with Crippen LogP contribution in [0, 0.1) is 23.6 Å². The number of hydrogen-bond donors (Lipinski definition) is 0. The Morgan fingerprint density at radius 2 is 1.75 bits per heavy atom. The first-order valence-corrected chi connectivity index (χ1v) is 9.90. The number of halogens is 2. The molecule has 0 radical (unpaired) electrons. The molecule has 128 valence electrons. The predicted molar refractivity (Wildman–Crippen MR) is 100 cm³/mol. The summed E-state index contributed by atoms with van der Waals surface area (Å²) in [5, 5.41) is 2.22. The highest BCUT2D eigenvalue weighted by molar-refractivity contribution is 6.31. The first-order valence-electron chi connectivity index (χ1n) is 9.52. The van der Waals surface area contributed by atoms with Crippen molar-refractivity contribution in [2.24, 2.45) is 17.8 Å². The maximum atomic E-state index is 13.8. The van der Waals surface area contributed by atoms with E-state index in [1.807, 2.05) is 0 Å². The van der Waals surface area contributed by atoms with Gasteiger partial charge >= 0.3 is 0 Å². The number of benzene rings is 2. The summed E-state index contributed by atoms with van der Waals surface area (Å²) in [4.78, 5) is 0. The van der Waals surface area contributed by atoms with Gasteiger partial charge in [0.25, 0.3) is 0 Å². The van der Waals surface area contributed by atoms with Crippen molar-refractivity contribution < 1.29 is 4.39 Å². The molecule has 0 bridgehead atoms. The molecule has 2 unspecified atom stereocenters. The molecule has 2 aromatic rings. The summed E-state index contributed by atoms with van der Waals surface area (Å²) in [5.41, 5.74) is 1.39. The summed E-state index contributed by atoms with van der Waals surface area (Å²) in [7, 11) is 0. The first kappa shape index (κ1) is 16.4. The Balaban J connectivity index is 1.54. The minimum atomic E-state index is -0.317. The van der Waals surface area contributed by atoms with Gasteiger partial charge in [-0.2, -0.15) is 0 Å². The van der Waals surface area contributed by atoms with Crippen molar-refractivity contribution >= 4 is 22.4 Å². The second-order valence-corrected chi connectivity index (χ2v) is 8.40. The Morgan fingerprint density at radius 1 is 0.958 bits per heavy atom. The maximum absolute atomic E-state index is 13.8. The lowest BCUT2D eigenvalue weighted by Crippen LogP contribution is -2.30. The van der Waals surface area contributed by atoms with E-state index in [1.165, 1.54) is 50.5 Å². The molecule has 0 heterocycles. The molecule has 2 aliphatic rings. The van der Waals surface area contributed by atoms with Crippen molar-refractivity contribution in [2.45, 2.75) is 57.8 Å². The third kappa shape index (κ3) is 3.08. The van der Waals surface area contributed by atoms with Gasteiger partial charge in [0.1, 0.15) is 5.82 Å². The highest BCUT2D eigenvalue weighted by Crippen LogP contribution is 2.48. The van der Waals surface area contributed by atoms with E-state index in [0.717, 1.165) is 28.5 Å². The number of rotatable bonds is 2. The van der Waals surface area contributed by atoms with Crippen LogP contribution in [0.3, 0.4) is 0 Å². The highest BCUT2D eigenvalue weighted by atomic mass is 35.5. The van der Waals surface area contributed by atoms with Crippen molar-refractivity contribution in [1.29, 1.82) is 0 Å². The van der Waals surface area contributed by atoms with Crippen molar-refractivity contribution in [3.63, 3.8) is 0 Å². The minimum absolute atomic E-state index is 0.212. The van der Waals surface area contributed by atoms with Crippen LogP contribution in [-0.2, 0) is 0 Å². The third-order valence-corrected chi connectivity index (χ3v) is 6.96. The molecule has 0 spiro atoms. The maximum Gasteiger partial charge on any atom is 0.142 e. The standard InChI is InChI=1S/C22H26ClF/c1-2-14-3-4-16-10-17(6-5-15(16)9-14)18-7-8-19-12-21(23)22(24)13-20(19)11-18/h7-8,11-17H,2-6,9-10H2,1H3/t14-,15?,16-,17?/m1/s1. The molecule has 0 N–H and O–H groups in total. The van der Waals surface area contributed by atoms with Crippen LogP contribution in [0.15, 0.2) is 30.3 Å². The molecular formula is C22H26ClF. The molecule has 24 heavy (non-hydrogen) atoms. The lowest BCUT2D eigenvalue weighted by Gasteiger charge is -2.42. The van der Waals surface area contributed by atoms with E-state index in [9.17, 15) is 4.39 Å². The Bertz CT molecular complexity index is 738. The molecule has 0 saturated heterocycles. The molecule has 2 aliphatic carbocycles. The molecule has 0 aromatic heterocycles. The van der Waals surface area contributed by atoms with Crippen molar-refractivity contribution in [3.8, 4) is 0 Å². The number of hydrogen-bond acceptors (Lipinski definition) is 0. The molecule has 4 atom stereocenters. The Morgan fingerprint density at radius 3 is 2.58 bits per heavy atom. The smallest absolute Gasteiger partial charge is 0.142 e. The van der Waals surface area contributed by atoms with Gasteiger partial charge in [-0.25, -0.2) is 4.39 Å². The molecular weight excluding hydrogens is 319 g/mol. The normalized spacial score (nSPS) is 30.3. The van der Waals surface area contributed by atoms with E-state index in [1.54, 1.807) is 12.1 Å². The first-order chi connectivity index (χ1) is 11.6. The molecule has 4 rings (SSSR count). The highest BCUT2D eigenvalue weighted by Gasteiger charge is 2.35. The second kappa shape index (κ2) is 6.67. The van der Waals surface area contributed by atoms with Crippen LogP contribution in [0.5, 0.6) is 0 Å². The average molecular weight is 345 g/mol. The van der Waals surface area contributed by atoms with E-state index < -0.39 is 0 Å². The van der Waals surface area contributed by atoms with Gasteiger partial charge in [0, 0.05) is 0 Å². The van der Waals surface area contributed by atoms with Crippen molar-refractivity contribution in [3.05, 3.63) is 46.7 Å². The zero-order valence-corrected chi connectivity index (χ0v) is 15.2. The van der Waals surface area contributed by atoms with Crippen molar-refractivity contribution in [1.82, 2.24) is 0 Å². The summed E-state index contributed by atoms with van der Waals surface area (Å²) in [6.07, 6.45) is 9.63. The second-order valence-electron chi connectivity index (χ2n) is 7.99. The summed E-state index contributed by atoms with van der Waals surface area (Å²) >= 11 is 5.90. The molecule has 2 saturated carbocycles. The van der Waals surface area contributed by atoms with Gasteiger partial charge in [-0.3, -0.25) is 0 Å². The Labute approximate surface area is 149 Å². The van der Waals surface area contributed by atoms with Crippen LogP contribution in [0.4, 0.5) is 4.39 Å². The third-order valence-electron chi connectivity index (χ3n) is 6.67. The fourth-order valence-corrected chi connectivity index (χ4v) is 5.35. The van der Waals surface area contributed by atoms with Gasteiger partial charge in [0.05, 0.1) is 5.02 Å². The molecule has 2 fully saturated rings. The number of fused-ring (bicyclic) bond motifs is 2. The fourth-order valence-electron chi connectivity index (χ4n) is 5.17. The summed E-state index contributed by atoms with van der Waals surface area (Å²) in [5.74, 6) is 3.16. The lowest BCUT2D eigenvalue weighted by molar-refractivity contribution is 0.116. The summed E-state index contributed by atoms with van der Waals surface area (Å²) < 4.78 is 13.8. The van der Waals surface area contributed by atoms with Gasteiger partial charge < -0.3 is 0 Å². The molecule has 2 aromatic carbocycles. The SMILES string of the molecule is CC[C@@H]1CC[C@@H]2CC(c3ccc4cc(Cl)c(F)cc4c3)CCC2C1. The average Bonchev–Trinajstić information content (AvgIpc) is 2.61. The quantitative estimate of drug-likeness (QED) is 0.534. The summed E-state index contributed by atoms with van der Waals surface area (Å²) in [6.45, 7) is 2.34. The largest absolute Gasteiger partial charge is 0.205 e. The van der Waals surface area contributed by atoms with E-state index >= 15 is 0 Å². The van der Waals surface area contributed by atoms with E-state index in [-0.39, 0.29) is 10.8 Å². The van der Waals surface area contributed by atoms with Crippen LogP contribution in [0.2, 0.25) is 5.02 Å². The van der Waals surface area contributed by atoms with Gasteiger partial charge in [-0.05, 0) is 84.2 Å². The Kier molecular flexibility index (Phi) is 4.56. The van der Waals surface area contributed by atoms with Crippen LogP contribution < -0.4 is 0 Å². The topological polar surface area (TPSA) is 0 Å².